The zero-order valence-electron chi connectivity index (χ0n) is 12.0. The summed E-state index contributed by atoms with van der Waals surface area (Å²) in [6.07, 6.45) is 1.35. The van der Waals surface area contributed by atoms with Crippen LogP contribution in [0.25, 0.3) is 0 Å². The van der Waals surface area contributed by atoms with Crippen molar-refractivity contribution in [2.45, 2.75) is 31.7 Å². The van der Waals surface area contributed by atoms with Gasteiger partial charge in [0, 0.05) is 18.1 Å². The number of ether oxygens (including phenoxy) is 4. The van der Waals surface area contributed by atoms with Crippen molar-refractivity contribution in [2.24, 2.45) is 0 Å². The highest BCUT2D eigenvalue weighted by atomic mass is 16.7. The van der Waals surface area contributed by atoms with Gasteiger partial charge in [0.05, 0.1) is 33.5 Å². The molecule has 5 heteroatoms. The van der Waals surface area contributed by atoms with Gasteiger partial charge in [-0.1, -0.05) is 0 Å². The van der Waals surface area contributed by atoms with Crippen molar-refractivity contribution in [1.29, 1.82) is 0 Å². The van der Waals surface area contributed by atoms with Crippen LogP contribution in [0.15, 0.2) is 18.2 Å². The SMILES string of the molecule is COc1ccc([C@H](O)CCC2OCCCO2)c(OC)c1. The minimum Gasteiger partial charge on any atom is -0.497 e. The van der Waals surface area contributed by atoms with Crippen LogP contribution in [0.4, 0.5) is 0 Å². The maximum Gasteiger partial charge on any atom is 0.157 e. The summed E-state index contributed by atoms with van der Waals surface area (Å²) in [5.74, 6) is 1.33. The first-order chi connectivity index (χ1) is 9.74. The fraction of sp³-hybridized carbons (Fsp3) is 0.600. The first kappa shape index (κ1) is 15.1. The van der Waals surface area contributed by atoms with E-state index in [0.29, 0.717) is 24.3 Å². The molecular weight excluding hydrogens is 260 g/mol. The van der Waals surface area contributed by atoms with Gasteiger partial charge < -0.3 is 24.1 Å². The van der Waals surface area contributed by atoms with Crippen molar-refractivity contribution < 1.29 is 24.1 Å². The predicted molar refractivity (Wildman–Crippen MR) is 74.0 cm³/mol. The van der Waals surface area contributed by atoms with Crippen LogP contribution in [0.5, 0.6) is 11.5 Å². The molecule has 1 fully saturated rings. The van der Waals surface area contributed by atoms with Gasteiger partial charge in [0.1, 0.15) is 11.5 Å². The number of hydrogen-bond acceptors (Lipinski definition) is 5. The molecule has 20 heavy (non-hydrogen) atoms. The molecule has 1 aliphatic heterocycles. The Morgan fingerprint density at radius 2 is 2.00 bits per heavy atom. The first-order valence-electron chi connectivity index (χ1n) is 6.87. The Morgan fingerprint density at radius 1 is 1.25 bits per heavy atom. The molecule has 1 aromatic carbocycles. The van der Waals surface area contributed by atoms with Gasteiger partial charge in [-0.3, -0.25) is 0 Å². The van der Waals surface area contributed by atoms with Gasteiger partial charge in [-0.15, -0.1) is 0 Å². The summed E-state index contributed by atoms with van der Waals surface area (Å²) in [7, 11) is 3.18. The zero-order valence-corrected chi connectivity index (χ0v) is 12.0. The second kappa shape index (κ2) is 7.47. The summed E-state index contributed by atoms with van der Waals surface area (Å²) in [5.41, 5.74) is 0.754. The molecular formula is C15H22O5. The summed E-state index contributed by atoms with van der Waals surface area (Å²) in [5, 5.41) is 10.3. The number of aliphatic hydroxyl groups is 1. The van der Waals surface area contributed by atoms with Gasteiger partial charge >= 0.3 is 0 Å². The number of benzene rings is 1. The van der Waals surface area contributed by atoms with Crippen LogP contribution in [0.1, 0.15) is 30.9 Å². The lowest BCUT2D eigenvalue weighted by Gasteiger charge is -2.24. The van der Waals surface area contributed by atoms with Crippen LogP contribution in [-0.2, 0) is 9.47 Å². The Morgan fingerprint density at radius 3 is 2.65 bits per heavy atom. The minimum atomic E-state index is -0.606. The molecule has 0 bridgehead atoms. The summed E-state index contributed by atoms with van der Waals surface area (Å²) in [4.78, 5) is 0. The van der Waals surface area contributed by atoms with Crippen molar-refractivity contribution in [2.75, 3.05) is 27.4 Å². The molecule has 1 saturated heterocycles. The van der Waals surface area contributed by atoms with Crippen molar-refractivity contribution >= 4 is 0 Å². The summed E-state index contributed by atoms with van der Waals surface area (Å²) >= 11 is 0. The third-order valence-corrected chi connectivity index (χ3v) is 3.37. The predicted octanol–water partition coefficient (Wildman–Crippen LogP) is 2.28. The Labute approximate surface area is 119 Å². The summed E-state index contributed by atoms with van der Waals surface area (Å²) in [6.45, 7) is 1.46. The van der Waals surface area contributed by atoms with E-state index in [1.807, 2.05) is 12.1 Å². The van der Waals surface area contributed by atoms with Gasteiger partial charge in [-0.2, -0.15) is 0 Å². The highest BCUT2D eigenvalue weighted by Crippen LogP contribution is 2.32. The third-order valence-electron chi connectivity index (χ3n) is 3.37. The molecule has 0 unspecified atom stereocenters. The Balaban J connectivity index is 1.95. The zero-order chi connectivity index (χ0) is 14.4. The smallest absolute Gasteiger partial charge is 0.157 e. The maximum atomic E-state index is 10.3. The largest absolute Gasteiger partial charge is 0.497 e. The van der Waals surface area contributed by atoms with Crippen molar-refractivity contribution in [3.8, 4) is 11.5 Å². The average Bonchev–Trinajstić information content (AvgIpc) is 2.52. The molecule has 1 aromatic rings. The molecule has 1 N–H and O–H groups in total. The van der Waals surface area contributed by atoms with E-state index < -0.39 is 6.10 Å². The Bertz CT molecular complexity index is 415. The van der Waals surface area contributed by atoms with Gasteiger partial charge in [0.15, 0.2) is 6.29 Å². The Hall–Kier alpha value is -1.30. The van der Waals surface area contributed by atoms with Crippen LogP contribution in [-0.4, -0.2) is 38.8 Å². The Kier molecular flexibility index (Phi) is 5.64. The van der Waals surface area contributed by atoms with Crippen LogP contribution in [0.2, 0.25) is 0 Å². The lowest BCUT2D eigenvalue weighted by molar-refractivity contribution is -0.183. The van der Waals surface area contributed by atoms with E-state index in [0.717, 1.165) is 25.2 Å². The fourth-order valence-corrected chi connectivity index (χ4v) is 2.25. The van der Waals surface area contributed by atoms with Crippen molar-refractivity contribution in [3.63, 3.8) is 0 Å². The second-order valence-corrected chi connectivity index (χ2v) is 4.73. The van der Waals surface area contributed by atoms with E-state index >= 15 is 0 Å². The first-order valence-corrected chi connectivity index (χ1v) is 6.87. The molecule has 1 atom stereocenters. The highest BCUT2D eigenvalue weighted by Gasteiger charge is 2.19. The summed E-state index contributed by atoms with van der Waals surface area (Å²) < 4.78 is 21.4. The van der Waals surface area contributed by atoms with E-state index in [-0.39, 0.29) is 6.29 Å². The van der Waals surface area contributed by atoms with Gasteiger partial charge in [0.25, 0.3) is 0 Å². The molecule has 0 saturated carbocycles. The quantitative estimate of drug-likeness (QED) is 0.867. The molecule has 1 heterocycles. The average molecular weight is 282 g/mol. The van der Waals surface area contributed by atoms with Crippen LogP contribution >= 0.6 is 0 Å². The number of aliphatic hydroxyl groups excluding tert-OH is 1. The molecule has 0 aliphatic carbocycles. The topological polar surface area (TPSA) is 57.2 Å². The van der Waals surface area contributed by atoms with E-state index in [2.05, 4.69) is 0 Å². The molecule has 2 rings (SSSR count). The number of hydrogen-bond donors (Lipinski definition) is 1. The normalized spacial score (nSPS) is 17.8. The van der Waals surface area contributed by atoms with Gasteiger partial charge in [0.2, 0.25) is 0 Å². The maximum absolute atomic E-state index is 10.3. The molecule has 0 amide bonds. The van der Waals surface area contributed by atoms with E-state index in [9.17, 15) is 5.11 Å². The van der Waals surface area contributed by atoms with Crippen molar-refractivity contribution in [3.05, 3.63) is 23.8 Å². The number of rotatable bonds is 6. The standard InChI is InChI=1S/C15H22O5/c1-17-11-4-5-12(14(10-11)18-2)13(16)6-7-15-19-8-3-9-20-15/h4-5,10,13,15-16H,3,6-9H2,1-2H3/t13-/m1/s1. The summed E-state index contributed by atoms with van der Waals surface area (Å²) in [6, 6.07) is 5.41. The van der Waals surface area contributed by atoms with Gasteiger partial charge in [-0.25, -0.2) is 0 Å². The second-order valence-electron chi connectivity index (χ2n) is 4.73. The lowest BCUT2D eigenvalue weighted by atomic mass is 10.0. The molecule has 0 radical (unpaired) electrons. The minimum absolute atomic E-state index is 0.206. The van der Waals surface area contributed by atoms with Crippen LogP contribution in [0.3, 0.4) is 0 Å². The molecule has 112 valence electrons. The molecule has 0 spiro atoms. The third kappa shape index (κ3) is 3.85. The van der Waals surface area contributed by atoms with E-state index in [4.69, 9.17) is 18.9 Å². The molecule has 0 aromatic heterocycles. The fourth-order valence-electron chi connectivity index (χ4n) is 2.25. The van der Waals surface area contributed by atoms with E-state index in [1.54, 1.807) is 20.3 Å². The van der Waals surface area contributed by atoms with Gasteiger partial charge in [-0.05, 0) is 25.0 Å². The van der Waals surface area contributed by atoms with Crippen LogP contribution in [0, 0.1) is 0 Å². The molecule has 1 aliphatic rings. The lowest BCUT2D eigenvalue weighted by Crippen LogP contribution is -2.25. The number of methoxy groups -OCH3 is 2. The highest BCUT2D eigenvalue weighted by molar-refractivity contribution is 5.41. The monoisotopic (exact) mass is 282 g/mol. The van der Waals surface area contributed by atoms with E-state index in [1.165, 1.54) is 0 Å². The van der Waals surface area contributed by atoms with Crippen LogP contribution < -0.4 is 9.47 Å². The molecule has 5 nitrogen and oxygen atoms in total. The van der Waals surface area contributed by atoms with Crippen molar-refractivity contribution in [1.82, 2.24) is 0 Å².